The van der Waals surface area contributed by atoms with Gasteiger partial charge in [-0.25, -0.2) is 0 Å². The zero-order valence-corrected chi connectivity index (χ0v) is 8.33. The molecule has 3 atom stereocenters. The smallest absolute Gasteiger partial charge is 0.00110 e. The molecule has 2 heteroatoms. The monoisotopic (exact) mass is 187 g/mol. The van der Waals surface area contributed by atoms with Crippen LogP contribution in [0.3, 0.4) is 0 Å². The summed E-state index contributed by atoms with van der Waals surface area (Å²) in [6, 6.07) is 0. The highest BCUT2D eigenvalue weighted by Gasteiger charge is 2.51. The lowest BCUT2D eigenvalue weighted by Gasteiger charge is -2.32. The molecular formula is C10H18ClN. The summed E-state index contributed by atoms with van der Waals surface area (Å²) in [5.74, 6) is 2.24. The molecule has 3 fully saturated rings. The predicted octanol–water partition coefficient (Wildman–Crippen LogP) is 2.21. The van der Waals surface area contributed by atoms with Crippen molar-refractivity contribution in [3.8, 4) is 0 Å². The first-order valence-electron chi connectivity index (χ1n) is 5.10. The van der Waals surface area contributed by atoms with Gasteiger partial charge in [0.1, 0.15) is 0 Å². The summed E-state index contributed by atoms with van der Waals surface area (Å²) in [5.41, 5.74) is 0.795. The van der Waals surface area contributed by atoms with Gasteiger partial charge in [0.25, 0.3) is 0 Å². The Morgan fingerprint density at radius 1 is 1.25 bits per heavy atom. The molecule has 1 aliphatic heterocycles. The summed E-state index contributed by atoms with van der Waals surface area (Å²) >= 11 is 0. The van der Waals surface area contributed by atoms with E-state index < -0.39 is 0 Å². The number of hydrogen-bond acceptors (Lipinski definition) is 1. The van der Waals surface area contributed by atoms with E-state index in [1.165, 1.54) is 19.5 Å². The Bertz CT molecular complexity index is 175. The SMILES string of the molecule is C1CC2(CN1)CC1CCC2C1.Cl. The average Bonchev–Trinajstić information content (AvgIpc) is 2.64. The van der Waals surface area contributed by atoms with E-state index in [0.717, 1.165) is 17.3 Å². The minimum Gasteiger partial charge on any atom is -0.316 e. The Labute approximate surface area is 80.7 Å². The van der Waals surface area contributed by atoms with Gasteiger partial charge in [0.2, 0.25) is 0 Å². The first-order chi connectivity index (χ1) is 5.39. The van der Waals surface area contributed by atoms with E-state index >= 15 is 0 Å². The van der Waals surface area contributed by atoms with Crippen LogP contribution in [0.25, 0.3) is 0 Å². The van der Waals surface area contributed by atoms with E-state index in [9.17, 15) is 0 Å². The first kappa shape index (κ1) is 8.83. The van der Waals surface area contributed by atoms with Gasteiger partial charge in [0.05, 0.1) is 0 Å². The molecule has 3 unspecified atom stereocenters. The molecule has 1 N–H and O–H groups in total. The second-order valence-electron chi connectivity index (χ2n) is 4.87. The summed E-state index contributed by atoms with van der Waals surface area (Å²) in [5, 5.41) is 3.54. The van der Waals surface area contributed by atoms with Crippen molar-refractivity contribution in [1.82, 2.24) is 5.32 Å². The third-order valence-electron chi connectivity index (χ3n) is 4.38. The summed E-state index contributed by atoms with van der Waals surface area (Å²) in [4.78, 5) is 0. The van der Waals surface area contributed by atoms with Gasteiger partial charge in [-0.15, -0.1) is 12.4 Å². The number of rotatable bonds is 0. The average molecular weight is 188 g/mol. The summed E-state index contributed by atoms with van der Waals surface area (Å²) in [6.07, 6.45) is 7.71. The Morgan fingerprint density at radius 2 is 2.17 bits per heavy atom. The van der Waals surface area contributed by atoms with E-state index in [4.69, 9.17) is 0 Å². The van der Waals surface area contributed by atoms with Crippen LogP contribution in [0.15, 0.2) is 0 Å². The lowest BCUT2D eigenvalue weighted by Crippen LogP contribution is -2.29. The molecule has 2 bridgehead atoms. The summed E-state index contributed by atoms with van der Waals surface area (Å²) in [6.45, 7) is 2.64. The van der Waals surface area contributed by atoms with Gasteiger partial charge < -0.3 is 5.32 Å². The minimum atomic E-state index is 0. The third-order valence-corrected chi connectivity index (χ3v) is 4.38. The van der Waals surface area contributed by atoms with Gasteiger partial charge in [-0.2, -0.15) is 0 Å². The van der Waals surface area contributed by atoms with Crippen LogP contribution in [-0.2, 0) is 0 Å². The number of nitrogens with one attached hydrogen (secondary N) is 1. The van der Waals surface area contributed by atoms with Crippen LogP contribution in [0.1, 0.15) is 32.1 Å². The van der Waals surface area contributed by atoms with Gasteiger partial charge >= 0.3 is 0 Å². The minimum absolute atomic E-state index is 0. The van der Waals surface area contributed by atoms with E-state index in [1.807, 2.05) is 0 Å². The van der Waals surface area contributed by atoms with Gasteiger partial charge in [-0.1, -0.05) is 6.42 Å². The summed E-state index contributed by atoms with van der Waals surface area (Å²) < 4.78 is 0. The molecular weight excluding hydrogens is 170 g/mol. The van der Waals surface area contributed by atoms with Gasteiger partial charge in [-0.3, -0.25) is 0 Å². The molecule has 70 valence electrons. The van der Waals surface area contributed by atoms with Crippen molar-refractivity contribution >= 4 is 12.4 Å². The maximum atomic E-state index is 3.54. The van der Waals surface area contributed by atoms with Crippen molar-refractivity contribution in [2.75, 3.05) is 13.1 Å². The molecule has 12 heavy (non-hydrogen) atoms. The van der Waals surface area contributed by atoms with Crippen LogP contribution < -0.4 is 5.32 Å². The zero-order valence-electron chi connectivity index (χ0n) is 7.51. The maximum Gasteiger partial charge on any atom is 0.00110 e. The van der Waals surface area contributed by atoms with Crippen molar-refractivity contribution < 1.29 is 0 Å². The molecule has 0 aromatic heterocycles. The lowest BCUT2D eigenvalue weighted by atomic mass is 9.73. The molecule has 3 aliphatic rings. The Balaban J connectivity index is 0.000000563. The summed E-state index contributed by atoms with van der Waals surface area (Å²) in [7, 11) is 0. The van der Waals surface area contributed by atoms with Crippen LogP contribution >= 0.6 is 12.4 Å². The van der Waals surface area contributed by atoms with E-state index in [2.05, 4.69) is 5.32 Å². The maximum absolute atomic E-state index is 3.54. The van der Waals surface area contributed by atoms with Crippen molar-refractivity contribution in [3.05, 3.63) is 0 Å². The fourth-order valence-corrected chi connectivity index (χ4v) is 3.84. The number of halogens is 1. The highest BCUT2D eigenvalue weighted by atomic mass is 35.5. The Morgan fingerprint density at radius 3 is 2.67 bits per heavy atom. The standard InChI is InChI=1S/C10H17N.ClH/c1-2-9-5-8(1)6-10(9)3-4-11-7-10;/h8-9,11H,1-7H2;1H. The van der Waals surface area contributed by atoms with Crippen LogP contribution in [0.4, 0.5) is 0 Å². The second-order valence-corrected chi connectivity index (χ2v) is 4.87. The molecule has 2 aliphatic carbocycles. The van der Waals surface area contributed by atoms with E-state index in [-0.39, 0.29) is 12.4 Å². The van der Waals surface area contributed by atoms with Crippen molar-refractivity contribution in [3.63, 3.8) is 0 Å². The topological polar surface area (TPSA) is 12.0 Å². The molecule has 0 radical (unpaired) electrons. The molecule has 2 saturated carbocycles. The highest BCUT2D eigenvalue weighted by molar-refractivity contribution is 5.85. The van der Waals surface area contributed by atoms with Gasteiger partial charge in [0.15, 0.2) is 0 Å². The fourth-order valence-electron chi connectivity index (χ4n) is 3.84. The molecule has 0 aromatic carbocycles. The second kappa shape index (κ2) is 2.88. The Kier molecular flexibility index (Phi) is 2.12. The molecule has 0 amide bonds. The fraction of sp³-hybridized carbons (Fsp3) is 1.00. The zero-order chi connectivity index (χ0) is 7.31. The van der Waals surface area contributed by atoms with Crippen LogP contribution in [0.5, 0.6) is 0 Å². The van der Waals surface area contributed by atoms with Crippen LogP contribution in [0, 0.1) is 17.3 Å². The van der Waals surface area contributed by atoms with Crippen molar-refractivity contribution in [1.29, 1.82) is 0 Å². The number of hydrogen-bond donors (Lipinski definition) is 1. The van der Waals surface area contributed by atoms with Gasteiger partial charge in [0, 0.05) is 6.54 Å². The van der Waals surface area contributed by atoms with Crippen molar-refractivity contribution in [2.24, 2.45) is 17.3 Å². The van der Waals surface area contributed by atoms with Crippen LogP contribution in [-0.4, -0.2) is 13.1 Å². The van der Waals surface area contributed by atoms with E-state index in [0.29, 0.717) is 0 Å². The Hall–Kier alpha value is 0.250. The molecule has 3 rings (SSSR count). The van der Waals surface area contributed by atoms with Crippen LogP contribution in [0.2, 0.25) is 0 Å². The quantitative estimate of drug-likeness (QED) is 0.613. The molecule has 1 saturated heterocycles. The first-order valence-corrected chi connectivity index (χ1v) is 5.10. The molecule has 1 spiro atoms. The van der Waals surface area contributed by atoms with E-state index in [1.54, 1.807) is 25.7 Å². The third kappa shape index (κ3) is 1.03. The largest absolute Gasteiger partial charge is 0.316 e. The normalized spacial score (nSPS) is 50.0. The molecule has 1 nitrogen and oxygen atoms in total. The van der Waals surface area contributed by atoms with Crippen molar-refractivity contribution in [2.45, 2.75) is 32.1 Å². The van der Waals surface area contributed by atoms with Gasteiger partial charge in [-0.05, 0) is 49.5 Å². The molecule has 1 heterocycles. The molecule has 0 aromatic rings. The highest BCUT2D eigenvalue weighted by Crippen LogP contribution is 2.58. The number of fused-ring (bicyclic) bond motifs is 3. The predicted molar refractivity (Wildman–Crippen MR) is 52.6 cm³/mol. The lowest BCUT2D eigenvalue weighted by molar-refractivity contribution is 0.190.